The molecule has 49 heavy (non-hydrogen) atoms. The summed E-state index contributed by atoms with van der Waals surface area (Å²) >= 11 is 0. The number of methoxy groups -OCH3 is 1. The first kappa shape index (κ1) is 37.4. The van der Waals surface area contributed by atoms with E-state index in [0.29, 0.717) is 41.9 Å². The zero-order valence-corrected chi connectivity index (χ0v) is 28.9. The van der Waals surface area contributed by atoms with Crippen LogP contribution in [-0.2, 0) is 44.0 Å². The first-order valence-electron chi connectivity index (χ1n) is 16.8. The molecule has 3 aromatic rings. The molecule has 1 heterocycles. The molecule has 1 saturated heterocycles. The van der Waals surface area contributed by atoms with Crippen LogP contribution in [0.5, 0.6) is 0 Å². The number of hydrogen-bond donors (Lipinski definition) is 6. The monoisotopic (exact) mass is 688 g/mol. The molecule has 2 amide bonds. The quantitative estimate of drug-likeness (QED) is 0.0674. The number of rotatable bonds is 18. The van der Waals surface area contributed by atoms with Crippen molar-refractivity contribution in [1.29, 1.82) is 5.41 Å². The fourth-order valence-electron chi connectivity index (χ4n) is 5.88. The largest absolute Gasteiger partial charge is 0.465 e. The molecule has 1 fully saturated rings. The second-order valence-electron chi connectivity index (χ2n) is 12.4. The van der Waals surface area contributed by atoms with E-state index in [1.807, 2.05) is 42.5 Å². The minimum absolute atomic E-state index is 0.0288. The fourth-order valence-corrected chi connectivity index (χ4v) is 6.99. The summed E-state index contributed by atoms with van der Waals surface area (Å²) in [5.41, 5.74) is 9.16. The third-order valence-corrected chi connectivity index (χ3v) is 9.87. The summed E-state index contributed by atoms with van der Waals surface area (Å²) in [5.74, 6) is -0.655. The lowest BCUT2D eigenvalue weighted by atomic mass is 9.91. The van der Waals surface area contributed by atoms with Gasteiger partial charge in [0.05, 0.1) is 35.5 Å². The number of nitrogens with one attached hydrogen (secondary N) is 5. The van der Waals surface area contributed by atoms with Crippen LogP contribution in [0.25, 0.3) is 0 Å². The Morgan fingerprint density at radius 1 is 0.898 bits per heavy atom. The molecule has 3 atom stereocenters. The molecule has 0 radical (unpaired) electrons. The van der Waals surface area contributed by atoms with Crippen LogP contribution in [0.4, 0.5) is 0 Å². The number of aryl methyl sites for hydroxylation is 1. The second-order valence-corrected chi connectivity index (χ2v) is 13.6. The Morgan fingerprint density at radius 2 is 1.61 bits per heavy atom. The summed E-state index contributed by atoms with van der Waals surface area (Å²) in [6.07, 6.45) is 5.11. The maximum atomic E-state index is 13.9. The van der Waals surface area contributed by atoms with Gasteiger partial charge in [0.25, 0.3) is 0 Å². The van der Waals surface area contributed by atoms with E-state index in [4.69, 9.17) is 15.9 Å². The average Bonchev–Trinajstić information content (AvgIpc) is 3.12. The molecule has 0 aliphatic carbocycles. The van der Waals surface area contributed by atoms with Gasteiger partial charge in [0.2, 0.25) is 11.8 Å². The zero-order chi connectivity index (χ0) is 35.0. The SMILES string of the molecule is COC(=O)c1cccc(CS(=O)NC(CCCc2ccccc2)C(=O)NC(CCC2CCNCC2)C(=O)NCc2ccc(C(=N)N)cc2)c1. The van der Waals surface area contributed by atoms with Gasteiger partial charge in [-0.05, 0) is 92.8 Å². The molecule has 1 aliphatic rings. The van der Waals surface area contributed by atoms with Crippen LogP contribution in [0.15, 0.2) is 78.9 Å². The Morgan fingerprint density at radius 3 is 2.31 bits per heavy atom. The molecule has 7 N–H and O–H groups in total. The molecular formula is C37H48N6O5S. The van der Waals surface area contributed by atoms with Crippen molar-refractivity contribution in [3.8, 4) is 0 Å². The Hall–Kier alpha value is -4.39. The highest BCUT2D eigenvalue weighted by molar-refractivity contribution is 7.82. The molecule has 4 rings (SSSR count). The van der Waals surface area contributed by atoms with E-state index < -0.39 is 29.0 Å². The first-order valence-corrected chi connectivity index (χ1v) is 18.1. The normalized spacial score (nSPS) is 15.0. The van der Waals surface area contributed by atoms with Crippen LogP contribution in [0.1, 0.15) is 71.1 Å². The van der Waals surface area contributed by atoms with Gasteiger partial charge in [0.1, 0.15) is 11.9 Å². The summed E-state index contributed by atoms with van der Waals surface area (Å²) in [4.78, 5) is 39.5. The Bertz CT molecular complexity index is 1560. The van der Waals surface area contributed by atoms with E-state index in [-0.39, 0.29) is 29.9 Å². The molecule has 1 aliphatic heterocycles. The van der Waals surface area contributed by atoms with Gasteiger partial charge in [-0.2, -0.15) is 0 Å². The standard InChI is InChI=1S/C37H48N6O5S/c1-48-37(46)31-11-5-10-29(23-31)25-49(47)43-33(12-6-9-26-7-3-2-4-8-26)36(45)42-32(18-15-27-19-21-40-22-20-27)35(44)41-24-28-13-16-30(17-14-28)34(38)39/h2-5,7-8,10-11,13-14,16-17,23,27,32-33,40,43H,6,9,12,15,18-22,24-25H2,1H3,(H3,38,39)(H,41,44)(H,42,45). The molecule has 262 valence electrons. The number of hydrogen-bond acceptors (Lipinski definition) is 7. The number of carbonyl (C=O) groups is 3. The van der Waals surface area contributed by atoms with Crippen molar-refractivity contribution in [2.45, 2.75) is 69.3 Å². The Balaban J connectivity index is 1.45. The highest BCUT2D eigenvalue weighted by Crippen LogP contribution is 2.19. The maximum absolute atomic E-state index is 13.9. The molecule has 0 saturated carbocycles. The van der Waals surface area contributed by atoms with Crippen LogP contribution in [0.2, 0.25) is 0 Å². The van der Waals surface area contributed by atoms with E-state index in [0.717, 1.165) is 49.9 Å². The van der Waals surface area contributed by atoms with E-state index in [9.17, 15) is 18.6 Å². The number of benzene rings is 3. The van der Waals surface area contributed by atoms with Crippen LogP contribution in [-0.4, -0.2) is 60.1 Å². The van der Waals surface area contributed by atoms with Gasteiger partial charge in [0, 0.05) is 12.1 Å². The van der Waals surface area contributed by atoms with Crippen LogP contribution in [0, 0.1) is 11.3 Å². The average molecular weight is 689 g/mol. The number of amides is 2. The first-order chi connectivity index (χ1) is 23.7. The summed E-state index contributed by atoms with van der Waals surface area (Å²) in [7, 11) is -0.349. The zero-order valence-electron chi connectivity index (χ0n) is 28.0. The van der Waals surface area contributed by atoms with E-state index in [2.05, 4.69) is 20.7 Å². The molecule has 0 spiro atoms. The van der Waals surface area contributed by atoms with Gasteiger partial charge in [-0.1, -0.05) is 66.7 Å². The summed E-state index contributed by atoms with van der Waals surface area (Å²) < 4.78 is 21.2. The van der Waals surface area contributed by atoms with Gasteiger partial charge >= 0.3 is 5.97 Å². The lowest BCUT2D eigenvalue weighted by Crippen LogP contribution is -2.53. The van der Waals surface area contributed by atoms with Crippen molar-refractivity contribution < 1.29 is 23.3 Å². The van der Waals surface area contributed by atoms with E-state index >= 15 is 0 Å². The van der Waals surface area contributed by atoms with Crippen molar-refractivity contribution in [3.63, 3.8) is 0 Å². The summed E-state index contributed by atoms with van der Waals surface area (Å²) in [5, 5.41) is 16.9. The number of carbonyl (C=O) groups excluding carboxylic acids is 3. The molecule has 0 bridgehead atoms. The maximum Gasteiger partial charge on any atom is 0.337 e. The molecule has 11 nitrogen and oxygen atoms in total. The molecule has 3 aromatic carbocycles. The second kappa shape index (κ2) is 19.6. The van der Waals surface area contributed by atoms with Crippen LogP contribution in [0.3, 0.4) is 0 Å². The van der Waals surface area contributed by atoms with Crippen LogP contribution < -0.4 is 26.4 Å². The number of piperidine rings is 1. The number of nitrogen functional groups attached to an aromatic ring is 1. The Labute approximate surface area is 291 Å². The van der Waals surface area contributed by atoms with Gasteiger partial charge in [-0.15, -0.1) is 0 Å². The van der Waals surface area contributed by atoms with Gasteiger partial charge in [0.15, 0.2) is 0 Å². The van der Waals surface area contributed by atoms with E-state index in [1.54, 1.807) is 36.4 Å². The van der Waals surface area contributed by atoms with Crippen molar-refractivity contribution >= 4 is 34.6 Å². The third-order valence-electron chi connectivity index (χ3n) is 8.72. The smallest absolute Gasteiger partial charge is 0.337 e. The van der Waals surface area contributed by atoms with Gasteiger partial charge in [-0.25, -0.2) is 13.7 Å². The topological polar surface area (TPSA) is 176 Å². The predicted octanol–water partition coefficient (Wildman–Crippen LogP) is 3.48. The van der Waals surface area contributed by atoms with Crippen molar-refractivity contribution in [3.05, 3.63) is 107 Å². The van der Waals surface area contributed by atoms with Crippen molar-refractivity contribution in [2.75, 3.05) is 20.2 Å². The number of esters is 1. The predicted molar refractivity (Wildman–Crippen MR) is 192 cm³/mol. The molecule has 12 heteroatoms. The highest BCUT2D eigenvalue weighted by Gasteiger charge is 2.28. The van der Waals surface area contributed by atoms with E-state index in [1.165, 1.54) is 7.11 Å². The minimum atomic E-state index is -1.65. The third kappa shape index (κ3) is 12.5. The van der Waals surface area contributed by atoms with Gasteiger partial charge < -0.3 is 26.4 Å². The summed E-state index contributed by atoms with van der Waals surface area (Å²) in [6.45, 7) is 2.13. The fraction of sp³-hybridized carbons (Fsp3) is 0.405. The highest BCUT2D eigenvalue weighted by atomic mass is 32.2. The molecule has 0 aromatic heterocycles. The number of nitrogens with two attached hydrogens (primary N) is 1. The summed E-state index contributed by atoms with van der Waals surface area (Å²) in [6, 6.07) is 22.2. The van der Waals surface area contributed by atoms with Crippen LogP contribution >= 0.6 is 0 Å². The lowest BCUT2D eigenvalue weighted by Gasteiger charge is -2.26. The molecule has 3 unspecified atom stereocenters. The number of amidine groups is 1. The number of ether oxygens (including phenoxy) is 1. The Kier molecular flexibility index (Phi) is 14.9. The van der Waals surface area contributed by atoms with Gasteiger partial charge in [-0.3, -0.25) is 15.0 Å². The van der Waals surface area contributed by atoms with Crippen molar-refractivity contribution in [2.24, 2.45) is 11.7 Å². The lowest BCUT2D eigenvalue weighted by molar-refractivity contribution is -0.130. The molecular weight excluding hydrogens is 641 g/mol. The van der Waals surface area contributed by atoms with Crippen molar-refractivity contribution in [1.82, 2.24) is 20.7 Å². The minimum Gasteiger partial charge on any atom is -0.465 e.